The zero-order valence-electron chi connectivity index (χ0n) is 22.2. The summed E-state index contributed by atoms with van der Waals surface area (Å²) in [5.41, 5.74) is 3.70. The Bertz CT molecular complexity index is 1540. The molecule has 0 aliphatic rings. The lowest BCUT2D eigenvalue weighted by Gasteiger charge is -2.24. The summed E-state index contributed by atoms with van der Waals surface area (Å²) in [6.07, 6.45) is 1.42. The van der Waals surface area contributed by atoms with Crippen molar-refractivity contribution in [2.45, 2.75) is 18.8 Å². The van der Waals surface area contributed by atoms with Crippen molar-refractivity contribution in [3.05, 3.63) is 100 Å². The highest BCUT2D eigenvalue weighted by Gasteiger charge is 2.24. The van der Waals surface area contributed by atoms with E-state index in [2.05, 4.69) is 39.3 Å². The van der Waals surface area contributed by atoms with Gasteiger partial charge < -0.3 is 10.4 Å². The standard InChI is InChI=1S/C29H29ClN4O5S2/c1-41(38,39)33-23-14-12-22(13-15-23)26-27(30)40-29(32-26)34(28(37)31-18-16-25(35)36)19-17-24(20-8-4-2-5-9-20)21-10-6-3-7-11-21/h2-15,24,33H,16-19H2,1H3,(H,31,37)(H,35,36). The maximum Gasteiger partial charge on any atom is 0.323 e. The van der Waals surface area contributed by atoms with Crippen molar-refractivity contribution >= 4 is 55.8 Å². The number of benzene rings is 3. The number of amides is 2. The fourth-order valence-electron chi connectivity index (χ4n) is 4.31. The summed E-state index contributed by atoms with van der Waals surface area (Å²) >= 11 is 7.72. The molecule has 4 rings (SSSR count). The summed E-state index contributed by atoms with van der Waals surface area (Å²) in [4.78, 5) is 30.5. The Labute approximate surface area is 247 Å². The second kappa shape index (κ2) is 13.6. The van der Waals surface area contributed by atoms with Crippen LogP contribution in [-0.2, 0) is 14.8 Å². The number of hydrogen-bond donors (Lipinski definition) is 3. The number of sulfonamides is 1. The number of anilines is 2. The molecular weight excluding hydrogens is 584 g/mol. The average Bonchev–Trinajstić information content (AvgIpc) is 3.32. The van der Waals surface area contributed by atoms with Crippen LogP contribution in [0.4, 0.5) is 15.6 Å². The first-order chi connectivity index (χ1) is 19.6. The van der Waals surface area contributed by atoms with Crippen LogP contribution in [0.5, 0.6) is 0 Å². The van der Waals surface area contributed by atoms with E-state index in [0.717, 1.165) is 28.7 Å². The number of rotatable bonds is 12. The molecule has 41 heavy (non-hydrogen) atoms. The van der Waals surface area contributed by atoms with Crippen molar-refractivity contribution in [3.8, 4) is 11.3 Å². The topological polar surface area (TPSA) is 129 Å². The second-order valence-electron chi connectivity index (χ2n) is 9.26. The molecule has 0 unspecified atom stereocenters. The van der Waals surface area contributed by atoms with Gasteiger partial charge in [0.2, 0.25) is 10.0 Å². The molecule has 4 aromatic rings. The smallest absolute Gasteiger partial charge is 0.323 e. The summed E-state index contributed by atoms with van der Waals surface area (Å²) in [5, 5.41) is 12.1. The van der Waals surface area contributed by atoms with E-state index < -0.39 is 22.0 Å². The highest BCUT2D eigenvalue weighted by molar-refractivity contribution is 7.92. The Hall–Kier alpha value is -3.93. The minimum absolute atomic E-state index is 0.00323. The zero-order valence-corrected chi connectivity index (χ0v) is 24.5. The third kappa shape index (κ3) is 8.53. The number of urea groups is 1. The fraction of sp³-hybridized carbons (Fsp3) is 0.207. The maximum atomic E-state index is 13.3. The summed E-state index contributed by atoms with van der Waals surface area (Å²) < 4.78 is 25.8. The monoisotopic (exact) mass is 612 g/mol. The third-order valence-electron chi connectivity index (χ3n) is 6.17. The molecule has 0 bridgehead atoms. The number of carbonyl (C=O) groups is 2. The zero-order chi connectivity index (χ0) is 29.4. The first-order valence-corrected chi connectivity index (χ1v) is 15.8. The number of carboxylic acids is 1. The molecule has 1 aromatic heterocycles. The van der Waals surface area contributed by atoms with E-state index in [1.165, 1.54) is 4.90 Å². The number of halogens is 1. The molecule has 0 aliphatic carbocycles. The molecule has 0 saturated carbocycles. The highest BCUT2D eigenvalue weighted by Crippen LogP contribution is 2.38. The molecule has 0 radical (unpaired) electrons. The van der Waals surface area contributed by atoms with E-state index in [9.17, 15) is 18.0 Å². The van der Waals surface area contributed by atoms with Crippen LogP contribution in [0.3, 0.4) is 0 Å². The largest absolute Gasteiger partial charge is 0.481 e. The number of hydrogen-bond acceptors (Lipinski definition) is 6. The Kier molecular flexibility index (Phi) is 9.98. The van der Waals surface area contributed by atoms with Gasteiger partial charge in [-0.05, 0) is 29.7 Å². The van der Waals surface area contributed by atoms with Crippen molar-refractivity contribution in [2.75, 3.05) is 29.0 Å². The summed E-state index contributed by atoms with van der Waals surface area (Å²) in [6.45, 7) is 0.250. The Morgan fingerprint density at radius 1 is 0.976 bits per heavy atom. The first-order valence-electron chi connectivity index (χ1n) is 12.7. The molecule has 0 aliphatic heterocycles. The maximum absolute atomic E-state index is 13.3. The molecule has 214 valence electrons. The normalized spacial score (nSPS) is 11.3. The fourth-order valence-corrected chi connectivity index (χ4v) is 6.07. The third-order valence-corrected chi connectivity index (χ3v) is 8.06. The van der Waals surface area contributed by atoms with E-state index in [-0.39, 0.29) is 25.4 Å². The summed E-state index contributed by atoms with van der Waals surface area (Å²) in [5.74, 6) is -1.02. The van der Waals surface area contributed by atoms with Crippen LogP contribution in [0.15, 0.2) is 84.9 Å². The lowest BCUT2D eigenvalue weighted by atomic mass is 9.88. The Morgan fingerprint density at radius 2 is 1.56 bits per heavy atom. The van der Waals surface area contributed by atoms with Crippen LogP contribution in [-0.4, -0.2) is 49.9 Å². The lowest BCUT2D eigenvalue weighted by molar-refractivity contribution is -0.136. The summed E-state index contributed by atoms with van der Waals surface area (Å²) in [7, 11) is -3.42. The van der Waals surface area contributed by atoms with Gasteiger partial charge in [0.1, 0.15) is 10.0 Å². The van der Waals surface area contributed by atoms with Crippen LogP contribution < -0.4 is 14.9 Å². The molecule has 3 aromatic carbocycles. The van der Waals surface area contributed by atoms with Crippen molar-refractivity contribution in [1.82, 2.24) is 10.3 Å². The van der Waals surface area contributed by atoms with Crippen LogP contribution in [0.2, 0.25) is 4.34 Å². The number of nitrogens with one attached hydrogen (secondary N) is 2. The molecular formula is C29H29ClN4O5S2. The molecule has 2 amide bonds. The van der Waals surface area contributed by atoms with E-state index in [1.807, 2.05) is 36.4 Å². The number of aromatic nitrogens is 1. The van der Waals surface area contributed by atoms with Gasteiger partial charge in [0.15, 0.2) is 5.13 Å². The van der Waals surface area contributed by atoms with E-state index in [1.54, 1.807) is 24.3 Å². The number of thiazole rings is 1. The number of carboxylic acid groups (broad SMARTS) is 1. The van der Waals surface area contributed by atoms with Gasteiger partial charge in [0.25, 0.3) is 0 Å². The van der Waals surface area contributed by atoms with Crippen LogP contribution in [0, 0.1) is 0 Å². The van der Waals surface area contributed by atoms with Gasteiger partial charge in [0, 0.05) is 30.3 Å². The van der Waals surface area contributed by atoms with E-state index >= 15 is 0 Å². The van der Waals surface area contributed by atoms with Crippen molar-refractivity contribution in [2.24, 2.45) is 0 Å². The van der Waals surface area contributed by atoms with Gasteiger partial charge in [-0.1, -0.05) is 95.7 Å². The number of carbonyl (C=O) groups excluding carboxylic acids is 1. The molecule has 1 heterocycles. The van der Waals surface area contributed by atoms with Crippen molar-refractivity contribution in [3.63, 3.8) is 0 Å². The van der Waals surface area contributed by atoms with Crippen molar-refractivity contribution < 1.29 is 23.1 Å². The molecule has 0 atom stereocenters. The molecule has 0 spiro atoms. The predicted octanol–water partition coefficient (Wildman–Crippen LogP) is 6.05. The SMILES string of the molecule is CS(=O)(=O)Nc1ccc(-c2nc(N(CCC(c3ccccc3)c3ccccc3)C(=O)NCCC(=O)O)sc2Cl)cc1. The van der Waals surface area contributed by atoms with Crippen molar-refractivity contribution in [1.29, 1.82) is 0 Å². The van der Waals surface area contributed by atoms with E-state index in [0.29, 0.717) is 32.8 Å². The lowest BCUT2D eigenvalue weighted by Crippen LogP contribution is -2.41. The van der Waals surface area contributed by atoms with Crippen LogP contribution in [0.1, 0.15) is 29.9 Å². The Balaban J connectivity index is 1.62. The number of aliphatic carboxylic acids is 1. The van der Waals surface area contributed by atoms with Gasteiger partial charge in [-0.3, -0.25) is 14.4 Å². The molecule has 0 fully saturated rings. The van der Waals surface area contributed by atoms with Crippen LogP contribution in [0.25, 0.3) is 11.3 Å². The highest BCUT2D eigenvalue weighted by atomic mass is 35.5. The van der Waals surface area contributed by atoms with Gasteiger partial charge in [-0.15, -0.1) is 0 Å². The van der Waals surface area contributed by atoms with Gasteiger partial charge >= 0.3 is 12.0 Å². The van der Waals surface area contributed by atoms with Gasteiger partial charge in [-0.25, -0.2) is 18.2 Å². The van der Waals surface area contributed by atoms with Crippen LogP contribution >= 0.6 is 22.9 Å². The average molecular weight is 613 g/mol. The molecule has 3 N–H and O–H groups in total. The first kappa shape index (κ1) is 30.0. The summed E-state index contributed by atoms with van der Waals surface area (Å²) in [6, 6.07) is 26.1. The minimum atomic E-state index is -3.42. The Morgan fingerprint density at radius 3 is 2.10 bits per heavy atom. The van der Waals surface area contributed by atoms with Gasteiger partial charge in [-0.2, -0.15) is 0 Å². The van der Waals surface area contributed by atoms with Gasteiger partial charge in [0.05, 0.1) is 12.7 Å². The second-order valence-corrected chi connectivity index (χ2v) is 12.6. The molecule has 9 nitrogen and oxygen atoms in total. The molecule has 0 saturated heterocycles. The quantitative estimate of drug-likeness (QED) is 0.179. The molecule has 12 heteroatoms. The number of nitrogens with zero attached hydrogens (tertiary/aromatic N) is 2. The minimum Gasteiger partial charge on any atom is -0.481 e. The van der Waals surface area contributed by atoms with E-state index in [4.69, 9.17) is 16.7 Å². The predicted molar refractivity (Wildman–Crippen MR) is 163 cm³/mol.